The first kappa shape index (κ1) is 32.9. The summed E-state index contributed by atoms with van der Waals surface area (Å²) in [5.41, 5.74) is 2.04. The van der Waals surface area contributed by atoms with E-state index in [9.17, 15) is 26.6 Å². The number of anilines is 1. The molecule has 12 nitrogen and oxygen atoms in total. The zero-order valence-electron chi connectivity index (χ0n) is 18.0. The molecule has 0 saturated heterocycles. The van der Waals surface area contributed by atoms with E-state index < -0.39 is 25.8 Å². The number of aryl methyl sites for hydroxylation is 1. The van der Waals surface area contributed by atoms with Crippen molar-refractivity contribution in [3.05, 3.63) is 48.0 Å². The minimum absolute atomic E-state index is 0. The number of benzene rings is 2. The number of sulfone groups is 1. The molecule has 0 unspecified atom stereocenters. The Bertz CT molecular complexity index is 1120. The van der Waals surface area contributed by atoms with Gasteiger partial charge in [0.2, 0.25) is 0 Å². The average molecular weight is 538 g/mol. The quantitative estimate of drug-likeness (QED) is 0.0529. The molecule has 0 bridgehead atoms. The smallest absolute Gasteiger partial charge is 0.747 e. The summed E-state index contributed by atoms with van der Waals surface area (Å²) in [7, 11) is -8.01. The van der Waals surface area contributed by atoms with Crippen LogP contribution in [0, 0.1) is 6.92 Å². The van der Waals surface area contributed by atoms with Crippen molar-refractivity contribution in [1.29, 1.82) is 0 Å². The van der Waals surface area contributed by atoms with Crippen LogP contribution in [0.5, 0.6) is 0 Å². The van der Waals surface area contributed by atoms with Gasteiger partial charge in [-0.25, -0.2) is 16.8 Å². The number of nitrogens with zero attached hydrogens (tertiary/aromatic N) is 2. The first-order valence-corrected chi connectivity index (χ1v) is 12.3. The number of hydrogen-bond donors (Lipinski definition) is 1. The second-order valence-corrected chi connectivity index (χ2v) is 9.94. The zero-order chi connectivity index (χ0) is 22.9. The minimum atomic E-state index is -4.39. The standard InChI is InChI=1S/C16H19N3O9S3.2Na/c1-12-10-14(17-11-31(23,24)25)4-7-16(12)19-18-13-2-5-15(6-3-13)30(21,22)9-8-26-29-28-27-20;;/h2-7,10,17,20H,8-9,11H2,1H3,(H,23,24,25);;/q;2*+1/p-2. The maximum Gasteiger partial charge on any atom is 1.00 e. The minimum Gasteiger partial charge on any atom is -0.747 e. The van der Waals surface area contributed by atoms with Gasteiger partial charge in [-0.2, -0.15) is 10.2 Å². The first-order chi connectivity index (χ1) is 14.6. The Morgan fingerprint density at radius 3 is 2.27 bits per heavy atom. The van der Waals surface area contributed by atoms with Gasteiger partial charge in [-0.15, -0.1) is 4.33 Å². The molecule has 0 amide bonds. The van der Waals surface area contributed by atoms with E-state index in [1.807, 2.05) is 0 Å². The monoisotopic (exact) mass is 537 g/mol. The first-order valence-electron chi connectivity index (χ1n) is 8.38. The molecule has 33 heavy (non-hydrogen) atoms. The largest absolute Gasteiger partial charge is 1.00 e. The molecule has 2 aromatic rings. The maximum absolute atomic E-state index is 12.2. The van der Waals surface area contributed by atoms with E-state index in [0.29, 0.717) is 22.6 Å². The molecule has 170 valence electrons. The normalized spacial score (nSPS) is 11.6. The van der Waals surface area contributed by atoms with E-state index >= 15 is 0 Å². The van der Waals surface area contributed by atoms with Crippen molar-refractivity contribution in [1.82, 2.24) is 0 Å². The summed E-state index contributed by atoms with van der Waals surface area (Å²) in [6, 6.07) is 10.5. The SMILES string of the molecule is Cc1cc(NCS(=O)(=O)[O-])ccc1N=Nc1ccc(S(=O)(=O)CCOSOO[O-])cc1.[Na+].[Na+]. The van der Waals surface area contributed by atoms with Crippen molar-refractivity contribution in [2.75, 3.05) is 23.6 Å². The van der Waals surface area contributed by atoms with Crippen LogP contribution in [-0.4, -0.2) is 39.6 Å². The number of azo groups is 1. The molecule has 0 atom stereocenters. The van der Waals surface area contributed by atoms with Crippen molar-refractivity contribution in [2.24, 2.45) is 10.2 Å². The van der Waals surface area contributed by atoms with E-state index in [1.165, 1.54) is 24.3 Å². The van der Waals surface area contributed by atoms with Crippen LogP contribution in [-0.2, 0) is 33.5 Å². The fourth-order valence-corrected chi connectivity index (χ4v) is 3.96. The van der Waals surface area contributed by atoms with E-state index in [1.54, 1.807) is 25.1 Å². The Morgan fingerprint density at radius 1 is 1.03 bits per heavy atom. The third kappa shape index (κ3) is 12.4. The van der Waals surface area contributed by atoms with Gasteiger partial charge in [-0.05, 0) is 55.0 Å². The predicted octanol–water partition coefficient (Wildman–Crippen LogP) is -4.09. The summed E-state index contributed by atoms with van der Waals surface area (Å²) in [4.78, 5) is 0.0565. The topological polar surface area (TPSA) is 179 Å². The molecule has 2 rings (SSSR count). The van der Waals surface area contributed by atoms with Crippen LogP contribution in [0.4, 0.5) is 17.1 Å². The third-order valence-corrected chi connectivity index (χ3v) is 6.22. The molecule has 0 aromatic heterocycles. The Labute approximate surface area is 240 Å². The van der Waals surface area contributed by atoms with Crippen molar-refractivity contribution in [3.8, 4) is 0 Å². The second kappa shape index (κ2) is 15.8. The van der Waals surface area contributed by atoms with Crippen LogP contribution in [0.15, 0.2) is 57.6 Å². The van der Waals surface area contributed by atoms with Gasteiger partial charge in [-0.1, -0.05) is 0 Å². The molecule has 0 spiro atoms. The molecule has 1 N–H and O–H groups in total. The Kier molecular flexibility index (Phi) is 15.7. The third-order valence-electron chi connectivity index (χ3n) is 3.66. The molecule has 0 heterocycles. The summed E-state index contributed by atoms with van der Waals surface area (Å²) >= 11 is 0.231. The molecular formula is C16H17N3Na2O9S3. The van der Waals surface area contributed by atoms with Gasteiger partial charge in [0, 0.05) is 5.69 Å². The summed E-state index contributed by atoms with van der Waals surface area (Å²) in [5.74, 6) is -1.06. The average Bonchev–Trinajstić information content (AvgIpc) is 2.71. The van der Waals surface area contributed by atoms with E-state index in [2.05, 4.69) is 24.9 Å². The molecule has 0 saturated carbocycles. The van der Waals surface area contributed by atoms with Crippen LogP contribution in [0.2, 0.25) is 0 Å². The van der Waals surface area contributed by atoms with Gasteiger partial charge >= 0.3 is 59.1 Å². The van der Waals surface area contributed by atoms with Crippen LogP contribution in [0.3, 0.4) is 0 Å². The molecule has 0 fully saturated rings. The Hall–Kier alpha value is -0.110. The maximum atomic E-state index is 12.2. The van der Waals surface area contributed by atoms with Crippen molar-refractivity contribution in [3.63, 3.8) is 0 Å². The van der Waals surface area contributed by atoms with Crippen molar-refractivity contribution < 1.29 is 99.3 Å². The van der Waals surface area contributed by atoms with E-state index in [4.69, 9.17) is 4.18 Å². The van der Waals surface area contributed by atoms with Gasteiger partial charge in [0.25, 0.3) is 0 Å². The van der Waals surface area contributed by atoms with Crippen LogP contribution < -0.4 is 69.7 Å². The fourth-order valence-electron chi connectivity index (χ4n) is 2.21. The second-order valence-electron chi connectivity index (χ2n) is 5.92. The molecule has 2 aromatic carbocycles. The van der Waals surface area contributed by atoms with Gasteiger partial charge in [0.15, 0.2) is 22.2 Å². The van der Waals surface area contributed by atoms with Gasteiger partial charge in [0.1, 0.15) is 16.0 Å². The molecule has 0 aliphatic heterocycles. The van der Waals surface area contributed by atoms with Crippen molar-refractivity contribution in [2.45, 2.75) is 11.8 Å². The predicted molar refractivity (Wildman–Crippen MR) is 108 cm³/mol. The van der Waals surface area contributed by atoms with Gasteiger partial charge in [0.05, 0.1) is 28.6 Å². The number of nitrogens with one attached hydrogen (secondary N) is 1. The fraction of sp³-hybridized carbons (Fsp3) is 0.250. The molecular weight excluding hydrogens is 520 g/mol. The number of hydrogen-bond acceptors (Lipinski definition) is 13. The van der Waals surface area contributed by atoms with Gasteiger partial charge < -0.3 is 15.1 Å². The zero-order valence-corrected chi connectivity index (χ0v) is 24.4. The van der Waals surface area contributed by atoms with Crippen LogP contribution in [0.25, 0.3) is 0 Å². The van der Waals surface area contributed by atoms with Gasteiger partial charge in [-0.3, -0.25) is 9.22 Å². The van der Waals surface area contributed by atoms with Crippen LogP contribution in [0.1, 0.15) is 5.56 Å². The summed E-state index contributed by atoms with van der Waals surface area (Å²) in [5, 5.41) is 23.3. The molecule has 17 heteroatoms. The Balaban J connectivity index is 0.00000512. The molecule has 0 radical (unpaired) electrons. The molecule has 0 aliphatic rings. The Morgan fingerprint density at radius 2 is 1.70 bits per heavy atom. The van der Waals surface area contributed by atoms with Crippen LogP contribution >= 0.6 is 12.3 Å². The van der Waals surface area contributed by atoms with E-state index in [0.717, 1.165) is 0 Å². The number of rotatable bonds is 12. The molecule has 0 aliphatic carbocycles. The van der Waals surface area contributed by atoms with E-state index in [-0.39, 0.29) is 88.7 Å². The van der Waals surface area contributed by atoms with Crippen molar-refractivity contribution >= 4 is 49.3 Å². The summed E-state index contributed by atoms with van der Waals surface area (Å²) in [6.07, 6.45) is 0. The summed E-state index contributed by atoms with van der Waals surface area (Å²) in [6.45, 7) is 1.51. The summed E-state index contributed by atoms with van der Waals surface area (Å²) < 4.78 is 65.0.